The van der Waals surface area contributed by atoms with E-state index in [-0.39, 0.29) is 11.6 Å². The quantitative estimate of drug-likeness (QED) is 0.331. The molecule has 2 aromatic rings. The molecule has 1 saturated carbocycles. The molecule has 0 amide bonds. The lowest BCUT2D eigenvalue weighted by molar-refractivity contribution is -0.274. The Morgan fingerprint density at radius 1 is 0.931 bits per heavy atom. The third-order valence-corrected chi connectivity index (χ3v) is 5.93. The van der Waals surface area contributed by atoms with Crippen molar-refractivity contribution in [3.63, 3.8) is 0 Å². The van der Waals surface area contributed by atoms with E-state index in [9.17, 15) is 17.6 Å². The van der Waals surface area contributed by atoms with Gasteiger partial charge in [0.25, 0.3) is 0 Å². The number of hydrogen-bond donors (Lipinski definition) is 0. The number of halogens is 4. The van der Waals surface area contributed by atoms with Crippen LogP contribution >= 0.6 is 0 Å². The van der Waals surface area contributed by atoms with Crippen LogP contribution in [0.4, 0.5) is 17.6 Å². The molecule has 1 fully saturated rings. The van der Waals surface area contributed by atoms with Gasteiger partial charge in [-0.15, -0.1) is 13.2 Å². The van der Waals surface area contributed by atoms with Crippen molar-refractivity contribution in [2.75, 3.05) is 0 Å². The molecule has 0 unspecified atom stereocenters. The van der Waals surface area contributed by atoms with Gasteiger partial charge < -0.3 is 4.74 Å². The minimum Gasteiger partial charge on any atom is -0.406 e. The van der Waals surface area contributed by atoms with Gasteiger partial charge in [0.1, 0.15) is 11.6 Å². The Bertz CT molecular complexity index is 774. The van der Waals surface area contributed by atoms with Gasteiger partial charge in [0.2, 0.25) is 0 Å². The molecule has 0 aliphatic heterocycles. The highest BCUT2D eigenvalue weighted by Crippen LogP contribution is 2.39. The maximum atomic E-state index is 14.7. The first-order valence-electron chi connectivity index (χ1n) is 10.5. The van der Waals surface area contributed by atoms with E-state index in [4.69, 9.17) is 0 Å². The Balaban J connectivity index is 1.62. The maximum absolute atomic E-state index is 14.7. The lowest BCUT2D eigenvalue weighted by Gasteiger charge is -2.29. The number of rotatable bonds is 7. The summed E-state index contributed by atoms with van der Waals surface area (Å²) in [7, 11) is 0. The second-order valence-corrected chi connectivity index (χ2v) is 8.02. The van der Waals surface area contributed by atoms with Crippen LogP contribution in [0.25, 0.3) is 11.1 Å². The molecule has 0 aromatic heterocycles. The number of hydrogen-bond acceptors (Lipinski definition) is 1. The fraction of sp³-hybridized carbons (Fsp3) is 0.500. The van der Waals surface area contributed by atoms with Gasteiger partial charge in [-0.1, -0.05) is 56.9 Å². The first-order chi connectivity index (χ1) is 13.9. The molecule has 1 aliphatic carbocycles. The lowest BCUT2D eigenvalue weighted by Crippen LogP contribution is -2.16. The minimum atomic E-state index is -4.73. The Morgan fingerprint density at radius 2 is 1.62 bits per heavy atom. The normalized spacial score (nSPS) is 19.9. The summed E-state index contributed by atoms with van der Waals surface area (Å²) < 4.78 is 55.4. The summed E-state index contributed by atoms with van der Waals surface area (Å²) in [6.45, 7) is 2.22. The van der Waals surface area contributed by atoms with E-state index < -0.39 is 6.36 Å². The van der Waals surface area contributed by atoms with E-state index in [1.54, 1.807) is 12.1 Å². The van der Waals surface area contributed by atoms with Crippen LogP contribution in [-0.2, 0) is 0 Å². The molecule has 0 atom stereocenters. The minimum absolute atomic E-state index is 0.311. The monoisotopic (exact) mass is 408 g/mol. The van der Waals surface area contributed by atoms with Crippen LogP contribution < -0.4 is 4.74 Å². The number of alkyl halides is 3. The van der Waals surface area contributed by atoms with E-state index >= 15 is 0 Å². The van der Waals surface area contributed by atoms with E-state index in [2.05, 4.69) is 11.7 Å². The molecule has 1 aliphatic rings. The highest BCUT2D eigenvalue weighted by atomic mass is 19.4. The second-order valence-electron chi connectivity index (χ2n) is 8.02. The summed E-state index contributed by atoms with van der Waals surface area (Å²) >= 11 is 0. The number of benzene rings is 2. The van der Waals surface area contributed by atoms with Crippen LogP contribution in [-0.4, -0.2) is 6.36 Å². The van der Waals surface area contributed by atoms with Crippen LogP contribution in [0.5, 0.6) is 5.75 Å². The molecule has 29 heavy (non-hydrogen) atoms. The molecular weight excluding hydrogens is 380 g/mol. The summed E-state index contributed by atoms with van der Waals surface area (Å²) in [5.41, 5.74) is 1.94. The topological polar surface area (TPSA) is 9.23 Å². The van der Waals surface area contributed by atoms with Gasteiger partial charge in [0.05, 0.1) is 0 Å². The molecule has 2 aromatic carbocycles. The first-order valence-corrected chi connectivity index (χ1v) is 10.5. The third-order valence-electron chi connectivity index (χ3n) is 5.93. The zero-order valence-electron chi connectivity index (χ0n) is 16.8. The van der Waals surface area contributed by atoms with Gasteiger partial charge in [0.15, 0.2) is 0 Å². The third kappa shape index (κ3) is 6.22. The number of unbranched alkanes of at least 4 members (excludes halogenated alkanes) is 2. The Morgan fingerprint density at radius 3 is 2.21 bits per heavy atom. The van der Waals surface area contributed by atoms with Gasteiger partial charge in [0, 0.05) is 5.56 Å². The molecule has 3 rings (SSSR count). The van der Waals surface area contributed by atoms with Gasteiger partial charge in [-0.2, -0.15) is 0 Å². The summed E-state index contributed by atoms with van der Waals surface area (Å²) in [6, 6.07) is 10.6. The van der Waals surface area contributed by atoms with Crippen molar-refractivity contribution in [3.8, 4) is 16.9 Å². The molecular formula is C24H28F4O. The summed E-state index contributed by atoms with van der Waals surface area (Å²) in [6.07, 6.45) is 5.04. The second kappa shape index (κ2) is 9.64. The Kier molecular flexibility index (Phi) is 7.20. The maximum Gasteiger partial charge on any atom is 0.573 e. The van der Waals surface area contributed by atoms with Crippen LogP contribution in [0, 0.1) is 11.7 Å². The van der Waals surface area contributed by atoms with Crippen molar-refractivity contribution in [3.05, 3.63) is 53.8 Å². The van der Waals surface area contributed by atoms with Gasteiger partial charge in [-0.3, -0.25) is 0 Å². The lowest BCUT2D eigenvalue weighted by atomic mass is 9.77. The first kappa shape index (κ1) is 21.7. The van der Waals surface area contributed by atoms with Crippen molar-refractivity contribution in [2.45, 2.75) is 70.6 Å². The standard InChI is InChI=1S/C24H28F4O/c1-2-3-4-5-17-6-8-18(9-7-17)20-12-15-22(23(25)16-20)19-10-13-21(14-11-19)29-24(26,27)28/h10-18H,2-9H2,1H3. The predicted octanol–water partition coefficient (Wildman–Crippen LogP) is 8.25. The predicted molar refractivity (Wildman–Crippen MR) is 107 cm³/mol. The van der Waals surface area contributed by atoms with Crippen LogP contribution in [0.15, 0.2) is 42.5 Å². The highest BCUT2D eigenvalue weighted by Gasteiger charge is 2.31. The largest absolute Gasteiger partial charge is 0.573 e. The fourth-order valence-corrected chi connectivity index (χ4v) is 4.32. The van der Waals surface area contributed by atoms with E-state index in [1.165, 1.54) is 62.8 Å². The molecule has 1 nitrogen and oxygen atoms in total. The van der Waals surface area contributed by atoms with Crippen LogP contribution in [0.2, 0.25) is 0 Å². The molecule has 0 heterocycles. The van der Waals surface area contributed by atoms with Gasteiger partial charge in [-0.05, 0) is 66.8 Å². The molecule has 0 saturated heterocycles. The molecule has 0 bridgehead atoms. The SMILES string of the molecule is CCCCCC1CCC(c2ccc(-c3ccc(OC(F)(F)F)cc3)c(F)c2)CC1. The van der Waals surface area contributed by atoms with Crippen molar-refractivity contribution in [1.82, 2.24) is 0 Å². The van der Waals surface area contributed by atoms with Crippen molar-refractivity contribution < 1.29 is 22.3 Å². The van der Waals surface area contributed by atoms with Crippen molar-refractivity contribution in [1.29, 1.82) is 0 Å². The van der Waals surface area contributed by atoms with E-state index in [1.807, 2.05) is 6.07 Å². The van der Waals surface area contributed by atoms with Crippen LogP contribution in [0.1, 0.15) is 69.8 Å². The molecule has 0 N–H and O–H groups in total. The fourth-order valence-electron chi connectivity index (χ4n) is 4.32. The zero-order valence-corrected chi connectivity index (χ0v) is 16.8. The Labute approximate surface area is 170 Å². The van der Waals surface area contributed by atoms with Gasteiger partial charge in [-0.25, -0.2) is 4.39 Å². The number of ether oxygens (including phenoxy) is 1. The molecule has 0 radical (unpaired) electrons. The van der Waals surface area contributed by atoms with E-state index in [0.717, 1.165) is 24.3 Å². The van der Waals surface area contributed by atoms with Crippen molar-refractivity contribution >= 4 is 0 Å². The summed E-state index contributed by atoms with van der Waals surface area (Å²) in [5, 5.41) is 0. The summed E-state index contributed by atoms with van der Waals surface area (Å²) in [4.78, 5) is 0. The van der Waals surface area contributed by atoms with Crippen molar-refractivity contribution in [2.24, 2.45) is 5.92 Å². The van der Waals surface area contributed by atoms with Gasteiger partial charge >= 0.3 is 6.36 Å². The molecule has 0 spiro atoms. The Hall–Kier alpha value is -2.04. The smallest absolute Gasteiger partial charge is 0.406 e. The average Bonchev–Trinajstić information content (AvgIpc) is 2.68. The van der Waals surface area contributed by atoms with Crippen LogP contribution in [0.3, 0.4) is 0 Å². The summed E-state index contributed by atoms with van der Waals surface area (Å²) in [5.74, 6) is 0.550. The van der Waals surface area contributed by atoms with E-state index in [0.29, 0.717) is 17.0 Å². The highest BCUT2D eigenvalue weighted by molar-refractivity contribution is 5.65. The average molecular weight is 408 g/mol. The zero-order chi connectivity index (χ0) is 20.9. The molecule has 5 heteroatoms. The molecule has 158 valence electrons.